The molecule has 0 saturated heterocycles. The van der Waals surface area contributed by atoms with Gasteiger partial charge in [0.1, 0.15) is 17.2 Å². The van der Waals surface area contributed by atoms with Crippen LogP contribution in [0.5, 0.6) is 0 Å². The highest BCUT2D eigenvalue weighted by molar-refractivity contribution is 7.07. The summed E-state index contributed by atoms with van der Waals surface area (Å²) < 4.78 is 22.5. The van der Waals surface area contributed by atoms with Crippen molar-refractivity contribution in [3.05, 3.63) is 127 Å². The maximum absolute atomic E-state index is 13.4. The Morgan fingerprint density at radius 1 is 0.952 bits per heavy atom. The average Bonchev–Trinajstić information content (AvgIpc) is 3.74. The number of hydrogen-bond acceptors (Lipinski definition) is 6. The van der Waals surface area contributed by atoms with Gasteiger partial charge in [-0.05, 0) is 72.6 Å². The molecule has 12 heteroatoms. The van der Waals surface area contributed by atoms with Gasteiger partial charge in [0, 0.05) is 50.4 Å². The smallest absolute Gasteiger partial charge is 0.206 e. The Balaban J connectivity index is 1.32. The van der Waals surface area contributed by atoms with Gasteiger partial charge >= 0.3 is 0 Å². The molecule has 0 N–H and O–H groups in total. The van der Waals surface area contributed by atoms with Crippen molar-refractivity contribution in [2.75, 3.05) is 6.54 Å². The maximum Gasteiger partial charge on any atom is 0.206 e. The van der Waals surface area contributed by atoms with Gasteiger partial charge < -0.3 is 4.52 Å². The van der Waals surface area contributed by atoms with Crippen molar-refractivity contribution in [2.24, 2.45) is 10.1 Å². The molecule has 6 aromatic rings. The normalized spacial score (nSPS) is 12.0. The van der Waals surface area contributed by atoms with E-state index < -0.39 is 0 Å². The first kappa shape index (κ1) is 28.1. The Morgan fingerprint density at radius 3 is 2.52 bits per heavy atom. The summed E-state index contributed by atoms with van der Waals surface area (Å²) in [6, 6.07) is 20.7. The molecular weight excluding hydrogens is 618 g/mol. The number of rotatable bonds is 8. The van der Waals surface area contributed by atoms with Gasteiger partial charge in [0.2, 0.25) is 4.80 Å². The number of thiazole rings is 1. The molecule has 0 saturated carbocycles. The third-order valence-corrected chi connectivity index (χ3v) is 7.94. The van der Waals surface area contributed by atoms with Crippen LogP contribution in [0.3, 0.4) is 0 Å². The molecular formula is C30H20Cl3FN6OS. The molecule has 0 fully saturated rings. The number of aromatic nitrogens is 4. The number of nitrogens with zero attached hydrogens (tertiary/aromatic N) is 6. The van der Waals surface area contributed by atoms with Crippen LogP contribution in [0.25, 0.3) is 28.4 Å². The van der Waals surface area contributed by atoms with Crippen molar-refractivity contribution in [1.29, 1.82) is 0 Å². The first-order valence-corrected chi connectivity index (χ1v) is 14.7. The minimum absolute atomic E-state index is 0.321. The molecule has 0 atom stereocenters. The summed E-state index contributed by atoms with van der Waals surface area (Å²) in [5.41, 5.74) is 4.56. The molecule has 0 aliphatic rings. The second-order valence-corrected chi connectivity index (χ2v) is 11.2. The first-order chi connectivity index (χ1) is 20.4. The lowest BCUT2D eigenvalue weighted by molar-refractivity contribution is 0.432. The monoisotopic (exact) mass is 636 g/mol. The Hall–Kier alpha value is -4.02. The summed E-state index contributed by atoms with van der Waals surface area (Å²) in [7, 11) is 0. The zero-order valence-corrected chi connectivity index (χ0v) is 24.7. The van der Waals surface area contributed by atoms with Crippen LogP contribution in [0.1, 0.15) is 11.1 Å². The zero-order chi connectivity index (χ0) is 29.1. The van der Waals surface area contributed by atoms with E-state index in [4.69, 9.17) is 49.4 Å². The third kappa shape index (κ3) is 6.39. The van der Waals surface area contributed by atoms with Gasteiger partial charge in [-0.3, -0.25) is 4.99 Å². The summed E-state index contributed by atoms with van der Waals surface area (Å²) in [6.45, 7) is 0.475. The minimum atomic E-state index is -0.321. The van der Waals surface area contributed by atoms with Crippen LogP contribution < -0.4 is 4.80 Å². The highest BCUT2D eigenvalue weighted by Gasteiger charge is 2.15. The lowest BCUT2D eigenvalue weighted by Gasteiger charge is -2.03. The quantitative estimate of drug-likeness (QED) is 0.158. The molecule has 0 aliphatic heterocycles. The van der Waals surface area contributed by atoms with E-state index in [1.807, 2.05) is 48.0 Å². The molecule has 42 heavy (non-hydrogen) atoms. The Bertz CT molecular complexity index is 1940. The predicted octanol–water partition coefficient (Wildman–Crippen LogP) is 8.18. The van der Waals surface area contributed by atoms with E-state index in [1.54, 1.807) is 46.0 Å². The average molecular weight is 638 g/mol. The Morgan fingerprint density at radius 2 is 1.74 bits per heavy atom. The summed E-state index contributed by atoms with van der Waals surface area (Å²) in [6.07, 6.45) is 5.89. The van der Waals surface area contributed by atoms with Crippen LogP contribution in [0, 0.1) is 5.82 Å². The molecule has 0 unspecified atom stereocenters. The van der Waals surface area contributed by atoms with Gasteiger partial charge in [-0.25, -0.2) is 13.7 Å². The van der Waals surface area contributed by atoms with Gasteiger partial charge in [0.15, 0.2) is 5.76 Å². The van der Waals surface area contributed by atoms with Gasteiger partial charge in [0.25, 0.3) is 0 Å². The van der Waals surface area contributed by atoms with E-state index in [0.29, 0.717) is 50.0 Å². The molecule has 7 nitrogen and oxygen atoms in total. The Kier molecular flexibility index (Phi) is 8.34. The molecule has 3 heterocycles. The zero-order valence-electron chi connectivity index (χ0n) is 21.7. The summed E-state index contributed by atoms with van der Waals surface area (Å²) in [5, 5.41) is 17.1. The van der Waals surface area contributed by atoms with Crippen molar-refractivity contribution in [2.45, 2.75) is 6.42 Å². The molecule has 0 spiro atoms. The van der Waals surface area contributed by atoms with E-state index in [9.17, 15) is 4.39 Å². The summed E-state index contributed by atoms with van der Waals surface area (Å²) >= 11 is 19.8. The molecule has 210 valence electrons. The van der Waals surface area contributed by atoms with Gasteiger partial charge in [-0.2, -0.15) is 10.2 Å². The molecule has 0 bridgehead atoms. The second kappa shape index (κ2) is 12.5. The fourth-order valence-electron chi connectivity index (χ4n) is 4.10. The van der Waals surface area contributed by atoms with Crippen LogP contribution in [0.2, 0.25) is 15.1 Å². The number of benzene rings is 3. The number of hydrogen-bond donors (Lipinski definition) is 0. The lowest BCUT2D eigenvalue weighted by Crippen LogP contribution is -2.13. The first-order valence-electron chi connectivity index (χ1n) is 12.7. The van der Waals surface area contributed by atoms with Crippen molar-refractivity contribution in [1.82, 2.24) is 19.6 Å². The molecule has 3 aromatic heterocycles. The Labute approximate surface area is 258 Å². The van der Waals surface area contributed by atoms with Gasteiger partial charge in [-0.15, -0.1) is 11.3 Å². The topological polar surface area (TPSA) is 73.5 Å². The van der Waals surface area contributed by atoms with E-state index in [2.05, 4.69) is 10.3 Å². The minimum Gasteiger partial charge on any atom is -0.354 e. The van der Waals surface area contributed by atoms with Crippen molar-refractivity contribution in [3.8, 4) is 28.4 Å². The fraction of sp³-hybridized carbons (Fsp3) is 0.0667. The highest BCUT2D eigenvalue weighted by Crippen LogP contribution is 2.27. The third-order valence-electron chi connectivity index (χ3n) is 6.25. The van der Waals surface area contributed by atoms with Gasteiger partial charge in [-0.1, -0.05) is 46.0 Å². The lowest BCUT2D eigenvalue weighted by atomic mass is 10.1. The number of halogens is 4. The van der Waals surface area contributed by atoms with Crippen molar-refractivity contribution in [3.63, 3.8) is 0 Å². The SMILES string of the molecule is Fc1ccc(-c2cc(-c3csc(=NCCc4ccc(Cl)cc4Cl)n3/N=C/c3cnn(-c4ccc(Cl)cc4)c3)on2)cc1. The standard InChI is InChI=1S/C30H20Cl3FN6OS/c31-22-5-9-25(10-6-22)39-17-19(15-36-39)16-37-40-28(29-14-27(38-41-29)21-2-7-24(34)8-3-21)18-42-30(40)35-12-11-20-1-4-23(32)13-26(20)33/h1-10,13-18H,11-12H2/b35-30?,37-16+. The maximum atomic E-state index is 13.4. The van der Waals surface area contributed by atoms with Crippen LogP contribution in [-0.4, -0.2) is 32.4 Å². The van der Waals surface area contributed by atoms with E-state index in [0.717, 1.165) is 22.4 Å². The van der Waals surface area contributed by atoms with Gasteiger partial charge in [0.05, 0.1) is 18.1 Å². The second-order valence-electron chi connectivity index (χ2n) is 9.11. The molecule has 0 amide bonds. The van der Waals surface area contributed by atoms with Crippen molar-refractivity contribution >= 4 is 52.4 Å². The van der Waals surface area contributed by atoms with E-state index in [-0.39, 0.29) is 5.82 Å². The van der Waals surface area contributed by atoms with Crippen LogP contribution in [0.15, 0.2) is 105 Å². The van der Waals surface area contributed by atoms with Crippen LogP contribution in [-0.2, 0) is 6.42 Å². The molecule has 0 aliphatic carbocycles. The van der Waals surface area contributed by atoms with E-state index >= 15 is 0 Å². The van der Waals surface area contributed by atoms with E-state index in [1.165, 1.54) is 23.5 Å². The molecule has 3 aromatic carbocycles. The fourth-order valence-corrected chi connectivity index (χ4v) is 5.57. The van der Waals surface area contributed by atoms with Crippen molar-refractivity contribution < 1.29 is 8.91 Å². The largest absolute Gasteiger partial charge is 0.354 e. The summed E-state index contributed by atoms with van der Waals surface area (Å²) in [4.78, 5) is 5.45. The molecule has 6 rings (SSSR count). The predicted molar refractivity (Wildman–Crippen MR) is 165 cm³/mol. The highest BCUT2D eigenvalue weighted by atomic mass is 35.5. The molecule has 0 radical (unpaired) electrons. The van der Waals surface area contributed by atoms with Crippen LogP contribution in [0.4, 0.5) is 4.39 Å². The van der Waals surface area contributed by atoms with Crippen LogP contribution >= 0.6 is 46.1 Å². The summed E-state index contributed by atoms with van der Waals surface area (Å²) in [5.74, 6) is 0.166.